The van der Waals surface area contributed by atoms with Gasteiger partial charge in [-0.3, -0.25) is 9.48 Å². The number of rotatable bonds is 5. The molecule has 92 valence electrons. The molecule has 1 heterocycles. The van der Waals surface area contributed by atoms with Crippen LogP contribution in [0.25, 0.3) is 0 Å². The van der Waals surface area contributed by atoms with E-state index in [9.17, 15) is 4.79 Å². The van der Waals surface area contributed by atoms with Gasteiger partial charge in [0.2, 0.25) is 5.91 Å². The Labute approximate surface area is 102 Å². The fraction of sp³-hybridized carbons (Fsp3) is 0.600. The summed E-state index contributed by atoms with van der Waals surface area (Å²) in [6.07, 6.45) is 4.11. The summed E-state index contributed by atoms with van der Waals surface area (Å²) in [5, 5.41) is 6.91. The van der Waals surface area contributed by atoms with Crippen molar-refractivity contribution in [3.63, 3.8) is 0 Å². The fourth-order valence-electron chi connectivity index (χ4n) is 1.26. The van der Waals surface area contributed by atoms with Crippen LogP contribution in [-0.4, -0.2) is 28.3 Å². The van der Waals surface area contributed by atoms with E-state index in [1.165, 1.54) is 0 Å². The first kappa shape index (κ1) is 14.9. The maximum absolute atomic E-state index is 11.2. The molecule has 1 rings (SSSR count). The van der Waals surface area contributed by atoms with E-state index in [-0.39, 0.29) is 24.4 Å². The number of aryl methyl sites for hydroxylation is 1. The molecule has 5 nitrogen and oxygen atoms in total. The molecule has 0 aliphatic carbocycles. The smallest absolute Gasteiger partial charge is 0.221 e. The molecule has 0 aromatic carbocycles. The molecule has 1 aromatic rings. The van der Waals surface area contributed by atoms with Gasteiger partial charge in [-0.05, 0) is 19.4 Å². The van der Waals surface area contributed by atoms with Crippen LogP contribution in [-0.2, 0) is 11.3 Å². The molecule has 3 N–H and O–H groups in total. The minimum Gasteiger partial charge on any atom is -0.354 e. The van der Waals surface area contributed by atoms with Crippen LogP contribution in [0.15, 0.2) is 12.4 Å². The van der Waals surface area contributed by atoms with Crippen LogP contribution in [0.1, 0.15) is 18.9 Å². The molecular weight excluding hydrogens is 228 g/mol. The highest BCUT2D eigenvalue weighted by Gasteiger charge is 2.03. The van der Waals surface area contributed by atoms with E-state index in [4.69, 9.17) is 5.73 Å². The normalized spacial score (nSPS) is 11.7. The van der Waals surface area contributed by atoms with Crippen molar-refractivity contribution in [2.75, 3.05) is 6.54 Å². The molecule has 0 spiro atoms. The Bertz CT molecular complexity index is 324. The molecular formula is C10H19ClN4O. The van der Waals surface area contributed by atoms with E-state index < -0.39 is 0 Å². The first-order valence-corrected chi connectivity index (χ1v) is 5.09. The maximum atomic E-state index is 11.2. The van der Waals surface area contributed by atoms with Gasteiger partial charge in [0, 0.05) is 25.2 Å². The van der Waals surface area contributed by atoms with Crippen molar-refractivity contribution in [2.45, 2.75) is 32.9 Å². The predicted molar refractivity (Wildman–Crippen MR) is 65.5 cm³/mol. The molecule has 1 aromatic heterocycles. The third kappa shape index (κ3) is 5.72. The molecule has 0 aliphatic heterocycles. The molecule has 1 atom stereocenters. The van der Waals surface area contributed by atoms with Crippen LogP contribution in [0.5, 0.6) is 0 Å². The van der Waals surface area contributed by atoms with Crippen molar-refractivity contribution in [3.05, 3.63) is 18.0 Å². The molecule has 0 radical (unpaired) electrons. The second-order valence-corrected chi connectivity index (χ2v) is 3.81. The summed E-state index contributed by atoms with van der Waals surface area (Å²) in [5.41, 5.74) is 6.62. The molecule has 0 saturated heterocycles. The van der Waals surface area contributed by atoms with Gasteiger partial charge in [-0.15, -0.1) is 12.4 Å². The van der Waals surface area contributed by atoms with E-state index in [2.05, 4.69) is 10.4 Å². The average Bonchev–Trinajstić information content (AvgIpc) is 2.50. The number of hydrogen-bond donors (Lipinski definition) is 2. The summed E-state index contributed by atoms with van der Waals surface area (Å²) in [5.74, 6) is -0.00567. The lowest BCUT2D eigenvalue weighted by Gasteiger charge is -2.07. The van der Waals surface area contributed by atoms with E-state index in [1.54, 1.807) is 6.20 Å². The van der Waals surface area contributed by atoms with Crippen LogP contribution in [0.4, 0.5) is 0 Å². The van der Waals surface area contributed by atoms with Crippen LogP contribution in [0.3, 0.4) is 0 Å². The number of carbonyl (C=O) groups is 1. The summed E-state index contributed by atoms with van der Waals surface area (Å²) in [4.78, 5) is 11.2. The topological polar surface area (TPSA) is 72.9 Å². The van der Waals surface area contributed by atoms with Crippen molar-refractivity contribution in [3.8, 4) is 0 Å². The highest BCUT2D eigenvalue weighted by Crippen LogP contribution is 1.93. The zero-order chi connectivity index (χ0) is 11.3. The molecule has 1 unspecified atom stereocenters. The zero-order valence-corrected chi connectivity index (χ0v) is 10.5. The lowest BCUT2D eigenvalue weighted by Crippen LogP contribution is -2.32. The maximum Gasteiger partial charge on any atom is 0.221 e. The van der Waals surface area contributed by atoms with Crippen LogP contribution in [0, 0.1) is 6.92 Å². The standard InChI is InChI=1S/C10H18N4O.ClH/c1-8-6-13-14(7-8)4-3-12-10(15)5-9(2)11;/h6-7,9H,3-5,11H2,1-2H3,(H,12,15);1H. The number of halogens is 1. The van der Waals surface area contributed by atoms with Gasteiger partial charge in [-0.1, -0.05) is 0 Å². The summed E-state index contributed by atoms with van der Waals surface area (Å²) in [6, 6.07) is -0.0862. The van der Waals surface area contributed by atoms with Crippen molar-refractivity contribution < 1.29 is 4.79 Å². The summed E-state index contributed by atoms with van der Waals surface area (Å²) in [7, 11) is 0. The van der Waals surface area contributed by atoms with Crippen molar-refractivity contribution in [1.82, 2.24) is 15.1 Å². The number of amides is 1. The minimum atomic E-state index is -0.0862. The average molecular weight is 247 g/mol. The number of aromatic nitrogens is 2. The van der Waals surface area contributed by atoms with E-state index >= 15 is 0 Å². The third-order valence-electron chi connectivity index (χ3n) is 1.93. The van der Waals surface area contributed by atoms with Gasteiger partial charge in [-0.25, -0.2) is 0 Å². The van der Waals surface area contributed by atoms with E-state index in [0.29, 0.717) is 19.5 Å². The molecule has 1 amide bonds. The number of nitrogens with one attached hydrogen (secondary N) is 1. The number of carbonyl (C=O) groups excluding carboxylic acids is 1. The molecule has 0 bridgehead atoms. The van der Waals surface area contributed by atoms with Gasteiger partial charge in [0.05, 0.1) is 12.7 Å². The van der Waals surface area contributed by atoms with Crippen LogP contribution in [0.2, 0.25) is 0 Å². The zero-order valence-electron chi connectivity index (χ0n) is 9.64. The minimum absolute atomic E-state index is 0. The molecule has 0 saturated carbocycles. The third-order valence-corrected chi connectivity index (χ3v) is 1.93. The molecule has 6 heteroatoms. The van der Waals surface area contributed by atoms with Crippen molar-refractivity contribution in [2.24, 2.45) is 5.73 Å². The Kier molecular flexibility index (Phi) is 6.76. The van der Waals surface area contributed by atoms with Gasteiger partial charge >= 0.3 is 0 Å². The first-order chi connectivity index (χ1) is 7.08. The van der Waals surface area contributed by atoms with E-state index in [1.807, 2.05) is 24.7 Å². The number of hydrogen-bond acceptors (Lipinski definition) is 3. The Morgan fingerprint density at radius 1 is 1.69 bits per heavy atom. The summed E-state index contributed by atoms with van der Waals surface area (Å²) in [6.45, 7) is 5.08. The summed E-state index contributed by atoms with van der Waals surface area (Å²) >= 11 is 0. The predicted octanol–water partition coefficient (Wildman–Crippen LogP) is 0.467. The van der Waals surface area contributed by atoms with Gasteiger partial charge in [-0.2, -0.15) is 5.10 Å². The Morgan fingerprint density at radius 3 is 2.88 bits per heavy atom. The van der Waals surface area contributed by atoms with Crippen molar-refractivity contribution >= 4 is 18.3 Å². The van der Waals surface area contributed by atoms with Crippen LogP contribution >= 0.6 is 12.4 Å². The first-order valence-electron chi connectivity index (χ1n) is 5.09. The Balaban J connectivity index is 0.00000225. The Hall–Kier alpha value is -1.07. The monoisotopic (exact) mass is 246 g/mol. The highest BCUT2D eigenvalue weighted by molar-refractivity contribution is 5.85. The largest absolute Gasteiger partial charge is 0.354 e. The van der Waals surface area contributed by atoms with Gasteiger partial charge < -0.3 is 11.1 Å². The van der Waals surface area contributed by atoms with Gasteiger partial charge in [0.15, 0.2) is 0 Å². The van der Waals surface area contributed by atoms with Crippen LogP contribution < -0.4 is 11.1 Å². The summed E-state index contributed by atoms with van der Waals surface area (Å²) < 4.78 is 1.81. The number of nitrogens with zero attached hydrogens (tertiary/aromatic N) is 2. The van der Waals surface area contributed by atoms with E-state index in [0.717, 1.165) is 5.56 Å². The number of nitrogens with two attached hydrogens (primary N) is 1. The molecule has 16 heavy (non-hydrogen) atoms. The quantitative estimate of drug-likeness (QED) is 0.793. The second kappa shape index (κ2) is 7.24. The fourth-order valence-corrected chi connectivity index (χ4v) is 1.26. The molecule has 0 aliphatic rings. The second-order valence-electron chi connectivity index (χ2n) is 3.81. The van der Waals surface area contributed by atoms with Crippen molar-refractivity contribution in [1.29, 1.82) is 0 Å². The highest BCUT2D eigenvalue weighted by atomic mass is 35.5. The lowest BCUT2D eigenvalue weighted by atomic mass is 10.2. The van der Waals surface area contributed by atoms with Gasteiger partial charge in [0.25, 0.3) is 0 Å². The Morgan fingerprint density at radius 2 is 2.38 bits per heavy atom. The van der Waals surface area contributed by atoms with Gasteiger partial charge in [0.1, 0.15) is 0 Å². The lowest BCUT2D eigenvalue weighted by molar-refractivity contribution is -0.121. The SMILES string of the molecule is Cc1cnn(CCNC(=O)CC(C)N)c1.Cl. The molecule has 0 fully saturated rings.